The van der Waals surface area contributed by atoms with Gasteiger partial charge in [0.05, 0.1) is 13.2 Å². The lowest BCUT2D eigenvalue weighted by Crippen LogP contribution is -2.41. The number of benzene rings is 6. The fourth-order valence-electron chi connectivity index (χ4n) is 9.22. The van der Waals surface area contributed by atoms with Crippen molar-refractivity contribution in [3.05, 3.63) is 179 Å². The van der Waals surface area contributed by atoms with Crippen LogP contribution in [-0.4, -0.2) is 99.4 Å². The fourth-order valence-corrected chi connectivity index (χ4v) is 9.22. The lowest BCUT2D eigenvalue weighted by atomic mass is 9.78. The molecule has 6 atom stereocenters. The van der Waals surface area contributed by atoms with Gasteiger partial charge in [-0.3, -0.25) is 0 Å². The monoisotopic (exact) mass is 991 g/mol. The van der Waals surface area contributed by atoms with Crippen LogP contribution in [0.3, 0.4) is 0 Å². The summed E-state index contributed by atoms with van der Waals surface area (Å²) in [6.07, 6.45) is 1.78. The van der Waals surface area contributed by atoms with E-state index in [1.165, 1.54) is 33.4 Å². The highest BCUT2D eigenvalue weighted by molar-refractivity contribution is 5.52. The minimum atomic E-state index is -0.681. The third-order valence-electron chi connectivity index (χ3n) is 14.9. The van der Waals surface area contributed by atoms with Crippen molar-refractivity contribution < 1.29 is 38.6 Å². The van der Waals surface area contributed by atoms with Gasteiger partial charge in [-0.1, -0.05) is 114 Å². The second-order valence-corrected chi connectivity index (χ2v) is 21.1. The van der Waals surface area contributed by atoms with Crippen LogP contribution in [0.2, 0.25) is 0 Å². The summed E-state index contributed by atoms with van der Waals surface area (Å²) in [5.41, 5.74) is 8.90. The topological polar surface area (TPSA) is 109 Å². The van der Waals surface area contributed by atoms with Crippen LogP contribution in [0, 0.1) is 0 Å². The summed E-state index contributed by atoms with van der Waals surface area (Å²) in [5.74, 6) is 3.17. The van der Waals surface area contributed by atoms with Gasteiger partial charge in [0, 0.05) is 47.4 Å². The van der Waals surface area contributed by atoms with Crippen molar-refractivity contribution in [2.75, 3.05) is 62.5 Å². The third kappa shape index (κ3) is 14.6. The number of aliphatic hydroxyl groups excluding tert-OH is 2. The average molecular weight is 991 g/mol. The molecule has 10 heteroatoms. The highest BCUT2D eigenvalue weighted by Crippen LogP contribution is 2.35. The maximum Gasteiger partial charge on any atom is 0.119 e. The van der Waals surface area contributed by atoms with E-state index in [9.17, 15) is 10.2 Å². The van der Waals surface area contributed by atoms with Gasteiger partial charge in [0.25, 0.3) is 0 Å². The van der Waals surface area contributed by atoms with Crippen molar-refractivity contribution >= 4 is 11.4 Å². The van der Waals surface area contributed by atoms with E-state index < -0.39 is 12.2 Å². The van der Waals surface area contributed by atoms with E-state index in [-0.39, 0.29) is 48.3 Å². The number of hydrogen-bond acceptors (Lipinski definition) is 10. The first kappa shape index (κ1) is 53.3. The Morgan fingerprint density at radius 3 is 1.03 bits per heavy atom. The first-order valence-corrected chi connectivity index (χ1v) is 26.4. The Hall–Kier alpha value is -6.04. The third-order valence-corrected chi connectivity index (χ3v) is 14.9. The molecule has 2 N–H and O–H groups in total. The normalized spacial score (nSPS) is 17.0. The molecule has 10 nitrogen and oxygen atoms in total. The molecule has 2 heterocycles. The van der Waals surface area contributed by atoms with E-state index in [2.05, 4.69) is 162 Å². The highest BCUT2D eigenvalue weighted by atomic mass is 16.6. The number of nitrogens with zero attached hydrogens (tertiary/aromatic N) is 2. The zero-order valence-corrected chi connectivity index (χ0v) is 44.3. The molecule has 2 fully saturated rings. The Morgan fingerprint density at radius 1 is 0.466 bits per heavy atom. The first-order valence-electron chi connectivity index (χ1n) is 26.4. The van der Waals surface area contributed by atoms with Gasteiger partial charge >= 0.3 is 0 Å². The van der Waals surface area contributed by atoms with Gasteiger partial charge in [0.1, 0.15) is 73.8 Å². The Kier molecular flexibility index (Phi) is 17.7. The lowest BCUT2D eigenvalue weighted by Gasteiger charge is -2.33. The Morgan fingerprint density at radius 2 is 0.753 bits per heavy atom. The molecule has 0 radical (unpaired) electrons. The van der Waals surface area contributed by atoms with Gasteiger partial charge in [-0.2, -0.15) is 0 Å². The summed E-state index contributed by atoms with van der Waals surface area (Å²) in [5, 5.41) is 22.5. The molecule has 2 aliphatic heterocycles. The van der Waals surface area contributed by atoms with E-state index in [4.69, 9.17) is 28.4 Å². The molecule has 0 saturated carbocycles. The van der Waals surface area contributed by atoms with Gasteiger partial charge in [-0.05, 0) is 139 Å². The highest BCUT2D eigenvalue weighted by Gasteiger charge is 2.27. The SMILES string of the molecule is CCC(C)N(CC(O)COc1ccc(C(C)(C)c2ccc(OCC3CO3)cc2)cc1)c1ccc(Cc2ccc(N(CC(O)COc3ccc(C(C)(C)c4ccc(OCC5CO5)cc4)cc3)C(C)CC)cc2)cc1. The molecule has 0 spiro atoms. The predicted octanol–water partition coefficient (Wildman–Crippen LogP) is 11.6. The van der Waals surface area contributed by atoms with Crippen molar-refractivity contribution in [2.24, 2.45) is 0 Å². The Balaban J connectivity index is 0.798. The van der Waals surface area contributed by atoms with Crippen LogP contribution in [-0.2, 0) is 26.7 Å². The standard InChI is InChI=1S/C63H78N2O8/c1-9-44(3)64(36-54(66)38-68-56-27-15-48(16-28-56)62(5,6)50-19-31-58(32-20-50)70-40-60-42-72-60)52-23-11-46(12-24-52)35-47-13-25-53(26-14-47)65(45(4)10-2)37-55(67)39-69-57-29-17-49(18-30-57)63(7,8)51-21-33-59(34-22-51)71-41-61-43-73-61/h11-34,44-45,54-55,60-61,66-67H,9-10,35-43H2,1-8H3. The maximum atomic E-state index is 11.3. The van der Waals surface area contributed by atoms with Crippen LogP contribution in [0.4, 0.5) is 11.4 Å². The van der Waals surface area contributed by atoms with Crippen LogP contribution in [0.5, 0.6) is 23.0 Å². The number of hydrogen-bond donors (Lipinski definition) is 2. The van der Waals surface area contributed by atoms with Crippen molar-refractivity contribution in [3.63, 3.8) is 0 Å². The van der Waals surface area contributed by atoms with E-state index in [1.807, 2.05) is 48.5 Å². The molecule has 73 heavy (non-hydrogen) atoms. The van der Waals surface area contributed by atoms with Gasteiger partial charge in [0.15, 0.2) is 0 Å². The number of aliphatic hydroxyl groups is 2. The molecule has 6 aromatic carbocycles. The molecule has 8 rings (SSSR count). The largest absolute Gasteiger partial charge is 0.491 e. The van der Waals surface area contributed by atoms with E-state index in [1.54, 1.807) is 0 Å². The fraction of sp³-hybridized carbons (Fsp3) is 0.429. The molecule has 6 unspecified atom stereocenters. The second kappa shape index (κ2) is 24.3. The molecule has 2 saturated heterocycles. The minimum absolute atomic E-state index is 0.192. The molecule has 0 aromatic heterocycles. The number of ether oxygens (including phenoxy) is 6. The van der Waals surface area contributed by atoms with E-state index in [0.29, 0.717) is 26.3 Å². The van der Waals surface area contributed by atoms with Gasteiger partial charge < -0.3 is 48.4 Å². The number of epoxide rings is 2. The summed E-state index contributed by atoms with van der Waals surface area (Å²) < 4.78 is 34.5. The van der Waals surface area contributed by atoms with Crippen molar-refractivity contribution in [3.8, 4) is 23.0 Å². The molecule has 0 bridgehead atoms. The van der Waals surface area contributed by atoms with E-state index in [0.717, 1.165) is 66.8 Å². The van der Waals surface area contributed by atoms with Crippen LogP contribution in [0.25, 0.3) is 0 Å². The number of rotatable bonds is 28. The molecular weight excluding hydrogens is 913 g/mol. The molecule has 2 aliphatic rings. The minimum Gasteiger partial charge on any atom is -0.491 e. The van der Waals surface area contributed by atoms with Crippen LogP contribution < -0.4 is 28.7 Å². The van der Waals surface area contributed by atoms with Crippen molar-refractivity contribution in [1.29, 1.82) is 0 Å². The quantitative estimate of drug-likeness (QED) is 0.0461. The van der Waals surface area contributed by atoms with Crippen LogP contribution in [0.15, 0.2) is 146 Å². The maximum absolute atomic E-state index is 11.3. The molecular formula is C63H78N2O8. The van der Waals surface area contributed by atoms with E-state index >= 15 is 0 Å². The van der Waals surface area contributed by atoms with Crippen molar-refractivity contribution in [2.45, 2.75) is 122 Å². The summed E-state index contributed by atoms with van der Waals surface area (Å²) >= 11 is 0. The van der Waals surface area contributed by atoms with Gasteiger partial charge in [0.2, 0.25) is 0 Å². The Bertz CT molecular complexity index is 2410. The molecule has 388 valence electrons. The summed E-state index contributed by atoms with van der Waals surface area (Å²) in [4.78, 5) is 4.55. The van der Waals surface area contributed by atoms with Gasteiger partial charge in [-0.15, -0.1) is 0 Å². The summed E-state index contributed by atoms with van der Waals surface area (Å²) in [7, 11) is 0. The molecule has 6 aromatic rings. The molecule has 0 amide bonds. The average Bonchev–Trinajstić information content (AvgIpc) is 4.37. The lowest BCUT2D eigenvalue weighted by molar-refractivity contribution is 0.110. The van der Waals surface area contributed by atoms with Gasteiger partial charge in [-0.25, -0.2) is 0 Å². The Labute approximate surface area is 434 Å². The smallest absolute Gasteiger partial charge is 0.119 e. The molecule has 0 aliphatic carbocycles. The van der Waals surface area contributed by atoms with Crippen LogP contribution >= 0.6 is 0 Å². The first-order chi connectivity index (χ1) is 35.2. The summed E-state index contributed by atoms with van der Waals surface area (Å²) in [6, 6.07) is 50.9. The zero-order chi connectivity index (χ0) is 51.5. The summed E-state index contributed by atoms with van der Waals surface area (Å²) in [6.45, 7) is 21.7. The zero-order valence-electron chi connectivity index (χ0n) is 44.3. The number of anilines is 2. The van der Waals surface area contributed by atoms with Crippen molar-refractivity contribution in [1.82, 2.24) is 0 Å². The second-order valence-electron chi connectivity index (χ2n) is 21.1. The predicted molar refractivity (Wildman–Crippen MR) is 293 cm³/mol. The van der Waals surface area contributed by atoms with Crippen LogP contribution in [0.1, 0.15) is 102 Å².